The molecule has 0 fully saturated rings. The lowest BCUT2D eigenvalue weighted by Crippen LogP contribution is -2.05. The third-order valence-electron chi connectivity index (χ3n) is 2.24. The molecule has 0 aliphatic rings. The maximum absolute atomic E-state index is 11.9. The van der Waals surface area contributed by atoms with Crippen LogP contribution in [0.4, 0.5) is 0 Å². The van der Waals surface area contributed by atoms with E-state index in [9.17, 15) is 8.42 Å². The van der Waals surface area contributed by atoms with Crippen molar-refractivity contribution in [2.24, 2.45) is 0 Å². The number of rotatable bonds is 4. The van der Waals surface area contributed by atoms with E-state index in [1.165, 1.54) is 0 Å². The summed E-state index contributed by atoms with van der Waals surface area (Å²) >= 11 is 3.29. The second-order valence-electron chi connectivity index (χ2n) is 3.78. The Bertz CT molecular complexity index is 472. The summed E-state index contributed by atoms with van der Waals surface area (Å²) in [6.07, 6.45) is 1.74. The van der Waals surface area contributed by atoms with Gasteiger partial charge < -0.3 is 0 Å². The van der Waals surface area contributed by atoms with Crippen LogP contribution < -0.4 is 0 Å². The minimum absolute atomic E-state index is 0.0630. The number of alkyl halides is 1. The van der Waals surface area contributed by atoms with Crippen LogP contribution in [0.5, 0.6) is 0 Å². The van der Waals surface area contributed by atoms with E-state index in [0.29, 0.717) is 10.2 Å². The van der Waals surface area contributed by atoms with Crippen LogP contribution in [0.1, 0.15) is 12.5 Å². The van der Waals surface area contributed by atoms with Gasteiger partial charge in [0.05, 0.1) is 10.6 Å². The van der Waals surface area contributed by atoms with Crippen molar-refractivity contribution in [1.29, 1.82) is 0 Å². The van der Waals surface area contributed by atoms with Crippen molar-refractivity contribution >= 4 is 25.8 Å². The lowest BCUT2D eigenvalue weighted by atomic mass is 10.2. The van der Waals surface area contributed by atoms with Crippen LogP contribution >= 0.6 is 15.9 Å². The van der Waals surface area contributed by atoms with Crippen LogP contribution in [-0.2, 0) is 9.84 Å². The molecule has 0 N–H and O–H groups in total. The molecular weight excluding hydrogens is 288 g/mol. The Kier molecular flexibility index (Phi) is 4.74. The van der Waals surface area contributed by atoms with Crippen molar-refractivity contribution in [3.05, 3.63) is 41.5 Å². The van der Waals surface area contributed by atoms with E-state index in [1.54, 1.807) is 18.2 Å². The van der Waals surface area contributed by atoms with Crippen LogP contribution in [-0.4, -0.2) is 19.5 Å². The maximum Gasteiger partial charge on any atom is 0.181 e. The van der Waals surface area contributed by atoms with Gasteiger partial charge in [-0.25, -0.2) is 8.42 Å². The van der Waals surface area contributed by atoms with E-state index in [0.717, 1.165) is 11.1 Å². The molecule has 1 aromatic rings. The Hall–Kier alpha value is -0.610. The first-order valence-corrected chi connectivity index (χ1v) is 7.74. The molecule has 0 saturated heterocycles. The number of halogens is 1. The van der Waals surface area contributed by atoms with Crippen LogP contribution in [0.3, 0.4) is 0 Å². The third kappa shape index (κ3) is 3.76. The number of benzene rings is 1. The quantitative estimate of drug-likeness (QED) is 0.632. The molecule has 0 aromatic heterocycles. The Balaban J connectivity index is 2.91. The second kappa shape index (κ2) is 5.64. The Labute approximate surface area is 105 Å². The molecule has 1 rings (SSSR count). The molecule has 2 nitrogen and oxygen atoms in total. The molecule has 0 spiro atoms. The van der Waals surface area contributed by atoms with Gasteiger partial charge in [0.2, 0.25) is 0 Å². The molecule has 0 heterocycles. The van der Waals surface area contributed by atoms with E-state index < -0.39 is 9.84 Å². The molecule has 88 valence electrons. The topological polar surface area (TPSA) is 34.1 Å². The normalized spacial score (nSPS) is 12.8. The number of hydrogen-bond donors (Lipinski definition) is 0. The number of allylic oxidation sites excluding steroid dienone is 1. The van der Waals surface area contributed by atoms with E-state index in [1.807, 2.05) is 26.0 Å². The van der Waals surface area contributed by atoms with E-state index >= 15 is 0 Å². The lowest BCUT2D eigenvalue weighted by molar-refractivity contribution is 0.599. The van der Waals surface area contributed by atoms with Crippen LogP contribution in [0, 0.1) is 6.92 Å². The summed E-state index contributed by atoms with van der Waals surface area (Å²) in [6.45, 7) is 3.84. The predicted molar refractivity (Wildman–Crippen MR) is 70.8 cm³/mol. The molecule has 1 aromatic carbocycles. The minimum atomic E-state index is -3.18. The predicted octanol–water partition coefficient (Wildman–Crippen LogP) is 3.11. The van der Waals surface area contributed by atoms with Gasteiger partial charge in [-0.15, -0.1) is 0 Å². The summed E-state index contributed by atoms with van der Waals surface area (Å²) in [4.78, 5) is 0.386. The molecule has 0 bridgehead atoms. The van der Waals surface area contributed by atoms with Crippen LogP contribution in [0.25, 0.3) is 0 Å². The first-order valence-electron chi connectivity index (χ1n) is 4.97. The highest BCUT2D eigenvalue weighted by atomic mass is 79.9. The highest BCUT2D eigenvalue weighted by Crippen LogP contribution is 2.13. The minimum Gasteiger partial charge on any atom is -0.223 e. The fourth-order valence-corrected chi connectivity index (χ4v) is 2.62. The summed E-state index contributed by atoms with van der Waals surface area (Å²) < 4.78 is 23.8. The van der Waals surface area contributed by atoms with Crippen LogP contribution in [0.15, 0.2) is 40.8 Å². The van der Waals surface area contributed by atoms with Gasteiger partial charge in [0, 0.05) is 5.33 Å². The lowest BCUT2D eigenvalue weighted by Gasteiger charge is -2.02. The zero-order valence-electron chi connectivity index (χ0n) is 9.40. The molecule has 0 unspecified atom stereocenters. The molecule has 4 heteroatoms. The third-order valence-corrected chi connectivity index (χ3v) is 4.72. The number of sulfone groups is 1. The second-order valence-corrected chi connectivity index (χ2v) is 6.37. The van der Waals surface area contributed by atoms with Crippen LogP contribution in [0.2, 0.25) is 0 Å². The first-order chi connectivity index (χ1) is 7.45. The highest BCUT2D eigenvalue weighted by molar-refractivity contribution is 9.09. The summed E-state index contributed by atoms with van der Waals surface area (Å²) in [5.74, 6) is 0.0630. The van der Waals surface area contributed by atoms with E-state index in [4.69, 9.17) is 0 Å². The molecule has 0 aliphatic heterocycles. The largest absolute Gasteiger partial charge is 0.223 e. The number of hydrogen-bond acceptors (Lipinski definition) is 2. The fourth-order valence-electron chi connectivity index (χ4n) is 1.15. The van der Waals surface area contributed by atoms with Gasteiger partial charge in [-0.3, -0.25) is 0 Å². The summed E-state index contributed by atoms with van der Waals surface area (Å²) in [5.41, 5.74) is 2.09. The average Bonchev–Trinajstić information content (AvgIpc) is 2.26. The van der Waals surface area contributed by atoms with Gasteiger partial charge in [0.15, 0.2) is 9.84 Å². The van der Waals surface area contributed by atoms with Gasteiger partial charge >= 0.3 is 0 Å². The van der Waals surface area contributed by atoms with Crippen molar-refractivity contribution < 1.29 is 8.42 Å². The molecule has 0 aliphatic carbocycles. The Morgan fingerprint density at radius 2 is 1.88 bits per heavy atom. The molecule has 0 radical (unpaired) electrons. The van der Waals surface area contributed by atoms with E-state index in [2.05, 4.69) is 15.9 Å². The van der Waals surface area contributed by atoms with Gasteiger partial charge in [0.25, 0.3) is 0 Å². The fraction of sp³-hybridized carbons (Fsp3) is 0.333. The zero-order chi connectivity index (χ0) is 12.2. The standard InChI is InChI=1S/C12H15BrO2S/c1-10-3-5-12(6-4-10)16(14,15)8-7-11(2)9-13/h3-7H,8-9H2,1-2H3. The maximum atomic E-state index is 11.9. The van der Waals surface area contributed by atoms with Crippen molar-refractivity contribution in [3.8, 4) is 0 Å². The molecule has 0 saturated carbocycles. The van der Waals surface area contributed by atoms with Gasteiger partial charge in [0.1, 0.15) is 0 Å². The van der Waals surface area contributed by atoms with Gasteiger partial charge in [-0.2, -0.15) is 0 Å². The van der Waals surface area contributed by atoms with Gasteiger partial charge in [-0.05, 0) is 26.0 Å². The summed E-state index contributed by atoms with van der Waals surface area (Å²) in [6, 6.07) is 6.94. The van der Waals surface area contributed by atoms with E-state index in [-0.39, 0.29) is 5.75 Å². The van der Waals surface area contributed by atoms with Crippen molar-refractivity contribution in [2.75, 3.05) is 11.1 Å². The number of aryl methyl sites for hydroxylation is 1. The average molecular weight is 303 g/mol. The summed E-state index contributed by atoms with van der Waals surface area (Å²) in [7, 11) is -3.18. The zero-order valence-corrected chi connectivity index (χ0v) is 11.8. The van der Waals surface area contributed by atoms with Crippen molar-refractivity contribution in [3.63, 3.8) is 0 Å². The molecule has 16 heavy (non-hydrogen) atoms. The molecule has 0 atom stereocenters. The monoisotopic (exact) mass is 302 g/mol. The Morgan fingerprint density at radius 3 is 2.38 bits per heavy atom. The Morgan fingerprint density at radius 1 is 1.31 bits per heavy atom. The summed E-state index contributed by atoms with van der Waals surface area (Å²) in [5, 5.41) is 0.705. The molecule has 0 amide bonds. The smallest absolute Gasteiger partial charge is 0.181 e. The van der Waals surface area contributed by atoms with Crippen molar-refractivity contribution in [1.82, 2.24) is 0 Å². The SMILES string of the molecule is CC(=CCS(=O)(=O)c1ccc(C)cc1)CBr. The highest BCUT2D eigenvalue weighted by Gasteiger charge is 2.11. The van der Waals surface area contributed by atoms with Gasteiger partial charge in [-0.1, -0.05) is 45.3 Å². The molecular formula is C12H15BrO2S. The van der Waals surface area contributed by atoms with Crippen molar-refractivity contribution in [2.45, 2.75) is 18.7 Å². The first kappa shape index (κ1) is 13.5.